The van der Waals surface area contributed by atoms with Crippen molar-refractivity contribution in [3.63, 3.8) is 0 Å². The molecule has 1 aromatic carbocycles. The second-order valence-corrected chi connectivity index (χ2v) is 5.90. The van der Waals surface area contributed by atoms with Crippen molar-refractivity contribution in [2.45, 2.75) is 25.6 Å². The van der Waals surface area contributed by atoms with Crippen molar-refractivity contribution in [1.29, 1.82) is 0 Å². The van der Waals surface area contributed by atoms with E-state index in [-0.39, 0.29) is 6.10 Å². The van der Waals surface area contributed by atoms with Gasteiger partial charge in [0.2, 0.25) is 0 Å². The van der Waals surface area contributed by atoms with Gasteiger partial charge in [-0.25, -0.2) is 0 Å². The van der Waals surface area contributed by atoms with Crippen LogP contribution in [0.2, 0.25) is 0 Å². The molecule has 2 heterocycles. The quantitative estimate of drug-likeness (QED) is 0.921. The first-order valence-electron chi connectivity index (χ1n) is 7.74. The monoisotopic (exact) mass is 298 g/mol. The van der Waals surface area contributed by atoms with Gasteiger partial charge in [-0.05, 0) is 31.0 Å². The number of ether oxygens (including phenoxy) is 1. The zero-order valence-corrected chi connectivity index (χ0v) is 12.9. The molecule has 116 valence electrons. The Morgan fingerprint density at radius 2 is 2.14 bits per heavy atom. The van der Waals surface area contributed by atoms with Gasteiger partial charge < -0.3 is 9.84 Å². The zero-order valence-electron chi connectivity index (χ0n) is 12.9. The Morgan fingerprint density at radius 3 is 2.86 bits per heavy atom. The third kappa shape index (κ3) is 3.84. The number of aromatic nitrogens is 1. The summed E-state index contributed by atoms with van der Waals surface area (Å²) in [7, 11) is 0. The first kappa shape index (κ1) is 15.0. The topological polar surface area (TPSA) is 45.6 Å². The van der Waals surface area contributed by atoms with E-state index in [1.165, 1.54) is 5.56 Å². The number of β-amino-alcohol motifs (C(OH)–C–C–N with tert-alkyl or cyclic N) is 1. The Labute approximate surface area is 131 Å². The van der Waals surface area contributed by atoms with Gasteiger partial charge in [-0.3, -0.25) is 9.88 Å². The maximum atomic E-state index is 10.4. The van der Waals surface area contributed by atoms with Crippen LogP contribution in [0, 0.1) is 6.92 Å². The smallest absolute Gasteiger partial charge is 0.138 e. The van der Waals surface area contributed by atoms with E-state index in [2.05, 4.69) is 16.8 Å². The summed E-state index contributed by atoms with van der Waals surface area (Å²) in [5.41, 5.74) is 2.18. The molecule has 1 fully saturated rings. The number of hydrogen-bond acceptors (Lipinski definition) is 4. The van der Waals surface area contributed by atoms with Crippen LogP contribution in [-0.2, 0) is 0 Å². The summed E-state index contributed by atoms with van der Waals surface area (Å²) in [4.78, 5) is 6.32. The molecule has 4 heteroatoms. The summed E-state index contributed by atoms with van der Waals surface area (Å²) < 4.78 is 5.92. The van der Waals surface area contributed by atoms with Gasteiger partial charge in [0.15, 0.2) is 0 Å². The van der Waals surface area contributed by atoms with E-state index in [4.69, 9.17) is 4.74 Å². The van der Waals surface area contributed by atoms with Crippen LogP contribution in [0.15, 0.2) is 48.8 Å². The average Bonchev–Trinajstić information content (AvgIpc) is 2.96. The van der Waals surface area contributed by atoms with Gasteiger partial charge in [-0.15, -0.1) is 0 Å². The minimum atomic E-state index is -0.447. The highest BCUT2D eigenvalue weighted by Gasteiger charge is 2.25. The first-order chi connectivity index (χ1) is 10.7. The Morgan fingerprint density at radius 1 is 1.32 bits per heavy atom. The molecule has 0 bridgehead atoms. The van der Waals surface area contributed by atoms with Crippen LogP contribution in [0.4, 0.5) is 0 Å². The lowest BCUT2D eigenvalue weighted by Crippen LogP contribution is -2.29. The number of hydrogen-bond donors (Lipinski definition) is 1. The molecular weight excluding hydrogens is 276 g/mol. The van der Waals surface area contributed by atoms with Crippen LogP contribution in [0.25, 0.3) is 0 Å². The lowest BCUT2D eigenvalue weighted by molar-refractivity contribution is 0.117. The largest absolute Gasteiger partial charge is 0.487 e. The first-order valence-corrected chi connectivity index (χ1v) is 7.74. The Hall–Kier alpha value is -1.91. The van der Waals surface area contributed by atoms with Gasteiger partial charge in [0.1, 0.15) is 11.9 Å². The molecule has 0 amide bonds. The van der Waals surface area contributed by atoms with Crippen molar-refractivity contribution in [3.05, 3.63) is 59.9 Å². The Balaban J connectivity index is 1.51. The van der Waals surface area contributed by atoms with Crippen LogP contribution in [0.3, 0.4) is 0 Å². The highest BCUT2D eigenvalue weighted by atomic mass is 16.5. The van der Waals surface area contributed by atoms with E-state index in [1.54, 1.807) is 12.4 Å². The number of aliphatic hydroxyl groups is 1. The van der Waals surface area contributed by atoms with Crippen LogP contribution >= 0.6 is 0 Å². The molecule has 1 saturated heterocycles. The third-order valence-electron chi connectivity index (χ3n) is 4.06. The van der Waals surface area contributed by atoms with E-state index in [1.807, 2.05) is 36.4 Å². The highest BCUT2D eigenvalue weighted by molar-refractivity contribution is 5.23. The standard InChI is InChI=1S/C18H22N2O2/c1-14-4-6-15(7-5-14)18(21)13-20-10-8-17(12-20)22-16-3-2-9-19-11-16/h2-7,9,11,17-18,21H,8,10,12-13H2,1H3. The van der Waals surface area contributed by atoms with Gasteiger partial charge in [0.25, 0.3) is 0 Å². The molecule has 2 atom stereocenters. The summed E-state index contributed by atoms with van der Waals surface area (Å²) in [5, 5.41) is 10.4. The Kier molecular flexibility index (Phi) is 4.71. The van der Waals surface area contributed by atoms with Crippen LogP contribution in [-0.4, -0.2) is 40.7 Å². The lowest BCUT2D eigenvalue weighted by atomic mass is 10.1. The van der Waals surface area contributed by atoms with Crippen molar-refractivity contribution < 1.29 is 9.84 Å². The number of likely N-dealkylation sites (tertiary alicyclic amines) is 1. The highest BCUT2D eigenvalue weighted by Crippen LogP contribution is 2.21. The summed E-state index contributed by atoms with van der Waals surface area (Å²) in [5.74, 6) is 0.813. The van der Waals surface area contributed by atoms with Crippen molar-refractivity contribution in [1.82, 2.24) is 9.88 Å². The average molecular weight is 298 g/mol. The van der Waals surface area contributed by atoms with Crippen molar-refractivity contribution in [3.8, 4) is 5.75 Å². The lowest BCUT2D eigenvalue weighted by Gasteiger charge is -2.20. The molecule has 2 aromatic rings. The number of pyridine rings is 1. The molecular formula is C18H22N2O2. The van der Waals surface area contributed by atoms with Gasteiger partial charge in [0.05, 0.1) is 12.3 Å². The van der Waals surface area contributed by atoms with Crippen molar-refractivity contribution in [2.75, 3.05) is 19.6 Å². The molecule has 2 unspecified atom stereocenters. The predicted molar refractivity (Wildman–Crippen MR) is 85.8 cm³/mol. The number of nitrogens with zero attached hydrogens (tertiary/aromatic N) is 2. The van der Waals surface area contributed by atoms with Crippen LogP contribution in [0.5, 0.6) is 5.75 Å². The molecule has 4 nitrogen and oxygen atoms in total. The second kappa shape index (κ2) is 6.90. The Bertz CT molecular complexity index is 586. The van der Waals surface area contributed by atoms with Gasteiger partial charge in [0, 0.05) is 25.8 Å². The van der Waals surface area contributed by atoms with Gasteiger partial charge >= 0.3 is 0 Å². The molecule has 0 radical (unpaired) electrons. The maximum Gasteiger partial charge on any atom is 0.138 e. The number of rotatable bonds is 5. The number of benzene rings is 1. The van der Waals surface area contributed by atoms with E-state index < -0.39 is 6.10 Å². The molecule has 0 saturated carbocycles. The maximum absolute atomic E-state index is 10.4. The van der Waals surface area contributed by atoms with E-state index >= 15 is 0 Å². The number of aliphatic hydroxyl groups excluding tert-OH is 1. The SMILES string of the molecule is Cc1ccc(C(O)CN2CCC(Oc3cccnc3)C2)cc1. The fourth-order valence-electron chi connectivity index (χ4n) is 2.81. The fourth-order valence-corrected chi connectivity index (χ4v) is 2.81. The molecule has 1 aliphatic rings. The summed E-state index contributed by atoms with van der Waals surface area (Å²) >= 11 is 0. The third-order valence-corrected chi connectivity index (χ3v) is 4.06. The predicted octanol–water partition coefficient (Wildman–Crippen LogP) is 2.58. The van der Waals surface area contributed by atoms with Crippen molar-refractivity contribution >= 4 is 0 Å². The molecule has 0 aliphatic carbocycles. The molecule has 22 heavy (non-hydrogen) atoms. The van der Waals surface area contributed by atoms with Gasteiger partial charge in [-0.2, -0.15) is 0 Å². The fraction of sp³-hybridized carbons (Fsp3) is 0.389. The van der Waals surface area contributed by atoms with Crippen LogP contribution < -0.4 is 4.74 Å². The van der Waals surface area contributed by atoms with E-state index in [0.29, 0.717) is 6.54 Å². The van der Waals surface area contributed by atoms with Crippen LogP contribution in [0.1, 0.15) is 23.7 Å². The molecule has 1 aliphatic heterocycles. The summed E-state index contributed by atoms with van der Waals surface area (Å²) in [6.07, 6.45) is 4.19. The molecule has 1 N–H and O–H groups in total. The van der Waals surface area contributed by atoms with Gasteiger partial charge in [-0.1, -0.05) is 29.8 Å². The molecule has 3 rings (SSSR count). The summed E-state index contributed by atoms with van der Waals surface area (Å²) in [6.45, 7) is 4.50. The van der Waals surface area contributed by atoms with E-state index in [0.717, 1.165) is 30.8 Å². The molecule has 0 spiro atoms. The minimum Gasteiger partial charge on any atom is -0.487 e. The molecule has 1 aromatic heterocycles. The minimum absolute atomic E-state index is 0.175. The van der Waals surface area contributed by atoms with E-state index in [9.17, 15) is 5.11 Å². The normalized spacial score (nSPS) is 20.0. The van der Waals surface area contributed by atoms with Crippen molar-refractivity contribution in [2.24, 2.45) is 0 Å². The summed E-state index contributed by atoms with van der Waals surface area (Å²) in [6, 6.07) is 11.9. The second-order valence-electron chi connectivity index (χ2n) is 5.90. The zero-order chi connectivity index (χ0) is 15.4. The number of aryl methyl sites for hydroxylation is 1.